The maximum atomic E-state index is 11.6. The van der Waals surface area contributed by atoms with E-state index in [9.17, 15) is 4.79 Å². The summed E-state index contributed by atoms with van der Waals surface area (Å²) in [4.78, 5) is 13.6. The molecule has 0 spiro atoms. The molecule has 3 N–H and O–H groups in total. The summed E-state index contributed by atoms with van der Waals surface area (Å²) in [6.45, 7) is 4.37. The summed E-state index contributed by atoms with van der Waals surface area (Å²) in [7, 11) is 1.89. The van der Waals surface area contributed by atoms with Gasteiger partial charge >= 0.3 is 0 Å². The third kappa shape index (κ3) is 2.26. The molecule has 1 aliphatic heterocycles. The van der Waals surface area contributed by atoms with E-state index in [0.29, 0.717) is 13.1 Å². The lowest BCUT2D eigenvalue weighted by Gasteiger charge is -2.22. The van der Waals surface area contributed by atoms with E-state index in [-0.39, 0.29) is 5.91 Å². The molecule has 6 nitrogen and oxygen atoms in total. The number of carbonyl (C=O) groups is 1. The largest absolute Gasteiger partial charge is 0.354 e. The lowest BCUT2D eigenvalue weighted by Crippen LogP contribution is -2.34. The summed E-state index contributed by atoms with van der Waals surface area (Å²) >= 11 is 0. The molecule has 1 amide bonds. The van der Waals surface area contributed by atoms with Crippen molar-refractivity contribution in [3.05, 3.63) is 11.3 Å². The highest BCUT2D eigenvalue weighted by molar-refractivity contribution is 5.81. The summed E-state index contributed by atoms with van der Waals surface area (Å²) < 4.78 is 1.82. The Morgan fingerprint density at radius 1 is 1.53 bits per heavy atom. The number of nitrogens with zero attached hydrogens (tertiary/aromatic N) is 3. The Morgan fingerprint density at radius 2 is 2.29 bits per heavy atom. The Hall–Kier alpha value is -1.56. The van der Waals surface area contributed by atoms with Gasteiger partial charge in [0.05, 0.1) is 12.2 Å². The molecule has 2 heterocycles. The van der Waals surface area contributed by atoms with Gasteiger partial charge in [0.2, 0.25) is 5.91 Å². The van der Waals surface area contributed by atoms with E-state index >= 15 is 0 Å². The molecule has 6 heteroatoms. The van der Waals surface area contributed by atoms with Gasteiger partial charge in [-0.15, -0.1) is 0 Å². The Bertz CT molecular complexity index is 426. The molecular weight excluding hydrogens is 218 g/mol. The van der Waals surface area contributed by atoms with Crippen molar-refractivity contribution in [2.24, 2.45) is 12.8 Å². The summed E-state index contributed by atoms with van der Waals surface area (Å²) in [5.41, 5.74) is 7.73. The first-order valence-corrected chi connectivity index (χ1v) is 5.87. The fraction of sp³-hybridized carbons (Fsp3) is 0.636. The van der Waals surface area contributed by atoms with Crippen LogP contribution in [0.5, 0.6) is 0 Å². The van der Waals surface area contributed by atoms with Crippen LogP contribution < -0.4 is 16.0 Å². The van der Waals surface area contributed by atoms with E-state index in [1.807, 2.05) is 18.7 Å². The van der Waals surface area contributed by atoms with Gasteiger partial charge in [0, 0.05) is 32.2 Å². The summed E-state index contributed by atoms with van der Waals surface area (Å²) in [6, 6.07) is 0. The summed E-state index contributed by atoms with van der Waals surface area (Å²) in [5, 5.41) is 7.24. The number of aryl methyl sites for hydroxylation is 2. The molecule has 1 fully saturated rings. The van der Waals surface area contributed by atoms with Crippen LogP contribution in [0, 0.1) is 6.92 Å². The minimum absolute atomic E-state index is 0.0596. The molecule has 94 valence electrons. The minimum atomic E-state index is 0.0596. The Labute approximate surface area is 101 Å². The van der Waals surface area contributed by atoms with Gasteiger partial charge in [0.15, 0.2) is 0 Å². The zero-order chi connectivity index (χ0) is 12.4. The number of anilines is 1. The molecule has 2 rings (SSSR count). The molecule has 1 saturated heterocycles. The first kappa shape index (κ1) is 11.9. The highest BCUT2D eigenvalue weighted by Crippen LogP contribution is 2.23. The number of amides is 1. The van der Waals surface area contributed by atoms with Crippen LogP contribution in [0.2, 0.25) is 0 Å². The number of hydrogen-bond donors (Lipinski definition) is 2. The Kier molecular flexibility index (Phi) is 3.33. The topological polar surface area (TPSA) is 76.2 Å². The molecule has 1 aromatic rings. The Balaban J connectivity index is 2.34. The van der Waals surface area contributed by atoms with Gasteiger partial charge < -0.3 is 16.0 Å². The van der Waals surface area contributed by atoms with Crippen molar-refractivity contribution >= 4 is 11.7 Å². The maximum absolute atomic E-state index is 11.6. The van der Waals surface area contributed by atoms with Gasteiger partial charge in [0.25, 0.3) is 0 Å². The first-order chi connectivity index (χ1) is 8.13. The van der Waals surface area contributed by atoms with Crippen LogP contribution in [0.15, 0.2) is 0 Å². The SMILES string of the molecule is Cc1nn(C)c(N2CCCNC(=O)C2)c1CN. The molecule has 0 saturated carbocycles. The standard InChI is InChI=1S/C11H19N5O/c1-8-9(6-12)11(15(2)14-8)16-5-3-4-13-10(17)7-16/h3-7,12H2,1-2H3,(H,13,17). The van der Waals surface area contributed by atoms with Crippen LogP contribution in [0.25, 0.3) is 0 Å². The van der Waals surface area contributed by atoms with Crippen molar-refractivity contribution < 1.29 is 4.79 Å². The number of nitrogens with one attached hydrogen (secondary N) is 1. The third-order valence-corrected chi connectivity index (χ3v) is 3.08. The van der Waals surface area contributed by atoms with Crippen LogP contribution >= 0.6 is 0 Å². The molecule has 0 bridgehead atoms. The van der Waals surface area contributed by atoms with E-state index in [2.05, 4.69) is 15.3 Å². The second-order valence-electron chi connectivity index (χ2n) is 4.34. The highest BCUT2D eigenvalue weighted by Gasteiger charge is 2.22. The van der Waals surface area contributed by atoms with Crippen molar-refractivity contribution in [3.63, 3.8) is 0 Å². The maximum Gasteiger partial charge on any atom is 0.239 e. The van der Waals surface area contributed by atoms with Crippen molar-refractivity contribution in [3.8, 4) is 0 Å². The van der Waals surface area contributed by atoms with Gasteiger partial charge in [-0.25, -0.2) is 0 Å². The number of rotatable bonds is 2. The monoisotopic (exact) mass is 237 g/mol. The quantitative estimate of drug-likeness (QED) is 0.728. The van der Waals surface area contributed by atoms with E-state index in [1.54, 1.807) is 0 Å². The van der Waals surface area contributed by atoms with Gasteiger partial charge in [0.1, 0.15) is 5.82 Å². The van der Waals surface area contributed by atoms with Crippen LogP contribution in [-0.2, 0) is 18.4 Å². The zero-order valence-electron chi connectivity index (χ0n) is 10.4. The average molecular weight is 237 g/mol. The Morgan fingerprint density at radius 3 is 3.00 bits per heavy atom. The van der Waals surface area contributed by atoms with Crippen molar-refractivity contribution in [2.45, 2.75) is 19.9 Å². The van der Waals surface area contributed by atoms with Gasteiger partial charge in [-0.3, -0.25) is 9.48 Å². The molecule has 1 aliphatic rings. The van der Waals surface area contributed by atoms with Crippen molar-refractivity contribution in [2.75, 3.05) is 24.5 Å². The molecule has 0 aromatic carbocycles. The van der Waals surface area contributed by atoms with Gasteiger partial charge in [-0.05, 0) is 13.3 Å². The molecule has 0 unspecified atom stereocenters. The summed E-state index contributed by atoms with van der Waals surface area (Å²) in [6.07, 6.45) is 0.944. The number of aromatic nitrogens is 2. The van der Waals surface area contributed by atoms with E-state index < -0.39 is 0 Å². The molecule has 0 atom stereocenters. The van der Waals surface area contributed by atoms with E-state index in [0.717, 1.165) is 36.6 Å². The van der Waals surface area contributed by atoms with Crippen LogP contribution in [0.3, 0.4) is 0 Å². The fourth-order valence-corrected chi connectivity index (χ4v) is 2.31. The number of hydrogen-bond acceptors (Lipinski definition) is 4. The van der Waals surface area contributed by atoms with Crippen LogP contribution in [-0.4, -0.2) is 35.3 Å². The van der Waals surface area contributed by atoms with Gasteiger partial charge in [-0.1, -0.05) is 0 Å². The molecule has 0 aliphatic carbocycles. The smallest absolute Gasteiger partial charge is 0.239 e. The predicted molar refractivity (Wildman–Crippen MR) is 65.7 cm³/mol. The van der Waals surface area contributed by atoms with Gasteiger partial charge in [-0.2, -0.15) is 5.10 Å². The van der Waals surface area contributed by atoms with E-state index in [1.165, 1.54) is 0 Å². The van der Waals surface area contributed by atoms with Crippen LogP contribution in [0.1, 0.15) is 17.7 Å². The predicted octanol–water partition coefficient (Wildman–Crippen LogP) is -0.486. The van der Waals surface area contributed by atoms with Crippen molar-refractivity contribution in [1.82, 2.24) is 15.1 Å². The molecule has 0 radical (unpaired) electrons. The highest BCUT2D eigenvalue weighted by atomic mass is 16.2. The first-order valence-electron chi connectivity index (χ1n) is 5.87. The summed E-state index contributed by atoms with van der Waals surface area (Å²) in [5.74, 6) is 1.03. The van der Waals surface area contributed by atoms with E-state index in [4.69, 9.17) is 5.73 Å². The normalized spacial score (nSPS) is 16.9. The lowest BCUT2D eigenvalue weighted by molar-refractivity contribution is -0.119. The third-order valence-electron chi connectivity index (χ3n) is 3.08. The number of nitrogens with two attached hydrogens (primary N) is 1. The molecule has 1 aromatic heterocycles. The fourth-order valence-electron chi connectivity index (χ4n) is 2.31. The lowest BCUT2D eigenvalue weighted by atomic mass is 10.2. The van der Waals surface area contributed by atoms with Crippen LogP contribution in [0.4, 0.5) is 5.82 Å². The minimum Gasteiger partial charge on any atom is -0.354 e. The van der Waals surface area contributed by atoms with Crippen molar-refractivity contribution in [1.29, 1.82) is 0 Å². The zero-order valence-corrected chi connectivity index (χ0v) is 10.4. The average Bonchev–Trinajstić information content (AvgIpc) is 2.46. The second-order valence-corrected chi connectivity index (χ2v) is 4.34. The number of carbonyl (C=O) groups excluding carboxylic acids is 1. The second kappa shape index (κ2) is 4.75. The molecule has 17 heavy (non-hydrogen) atoms. The molecular formula is C11H19N5O.